The summed E-state index contributed by atoms with van der Waals surface area (Å²) in [4.78, 5) is 12.4. The maximum atomic E-state index is 12.4. The molecule has 0 radical (unpaired) electrons. The first-order valence-electron chi connectivity index (χ1n) is 9.75. The minimum atomic E-state index is -2.89. The van der Waals surface area contributed by atoms with Crippen LogP contribution in [-0.4, -0.2) is 39.6 Å². The van der Waals surface area contributed by atoms with Crippen LogP contribution in [0.3, 0.4) is 0 Å². The summed E-state index contributed by atoms with van der Waals surface area (Å²) in [6.45, 7) is 3.76. The quantitative estimate of drug-likeness (QED) is 0.325. The molecule has 0 fully saturated rings. The van der Waals surface area contributed by atoms with Gasteiger partial charge in [0.15, 0.2) is 11.0 Å². The van der Waals surface area contributed by atoms with E-state index in [2.05, 4.69) is 26.8 Å². The number of amides is 1. The molecule has 3 rings (SSSR count). The third-order valence-electron chi connectivity index (χ3n) is 4.15. The first kappa shape index (κ1) is 23.3. The lowest BCUT2D eigenvalue weighted by Gasteiger charge is -2.09. The molecule has 3 aromatic rings. The predicted octanol–water partition coefficient (Wildman–Crippen LogP) is 4.86. The molecule has 1 aromatic heterocycles. The number of allylic oxidation sites excluding steroid dienone is 1. The van der Waals surface area contributed by atoms with Gasteiger partial charge in [-0.25, -0.2) is 0 Å². The number of nitrogens with one attached hydrogen (secondary N) is 1. The number of thioether (sulfide) groups is 1. The molecule has 2 aromatic carbocycles. The molecule has 1 heterocycles. The highest BCUT2D eigenvalue weighted by atomic mass is 32.2. The van der Waals surface area contributed by atoms with Crippen LogP contribution in [0.2, 0.25) is 0 Å². The van der Waals surface area contributed by atoms with Crippen molar-refractivity contribution in [2.45, 2.75) is 25.2 Å². The van der Waals surface area contributed by atoms with Crippen molar-refractivity contribution in [3.8, 4) is 22.9 Å². The summed E-state index contributed by atoms with van der Waals surface area (Å²) in [5.74, 6) is 1.26. The highest BCUT2D eigenvalue weighted by molar-refractivity contribution is 7.99. The van der Waals surface area contributed by atoms with Crippen LogP contribution in [0, 0.1) is 0 Å². The second-order valence-electron chi connectivity index (χ2n) is 6.40. The number of halogens is 2. The number of carbonyl (C=O) groups excluding carboxylic acids is 1. The van der Waals surface area contributed by atoms with Crippen molar-refractivity contribution in [1.82, 2.24) is 14.8 Å². The number of alkyl halides is 2. The van der Waals surface area contributed by atoms with Gasteiger partial charge in [-0.05, 0) is 55.5 Å². The number of ether oxygens (including phenoxy) is 2. The average Bonchev–Trinajstić information content (AvgIpc) is 3.17. The van der Waals surface area contributed by atoms with E-state index in [1.54, 1.807) is 47.0 Å². The summed E-state index contributed by atoms with van der Waals surface area (Å²) >= 11 is 1.23. The molecule has 0 unspecified atom stereocenters. The Bertz CT molecular complexity index is 1040. The molecule has 32 heavy (non-hydrogen) atoms. The zero-order valence-corrected chi connectivity index (χ0v) is 18.1. The molecule has 0 aliphatic carbocycles. The van der Waals surface area contributed by atoms with E-state index in [9.17, 15) is 13.6 Å². The standard InChI is InChI=1S/C22H22F2N4O3S/c1-3-13-28-20(15-5-9-18(10-6-15)31-21(23)24)26-27-22(28)32-14-19(29)25-16-7-11-17(12-8-16)30-4-2/h3,5-12,21H,1,4,13-14H2,2H3,(H,25,29). The minimum Gasteiger partial charge on any atom is -0.494 e. The number of hydrogen-bond acceptors (Lipinski definition) is 6. The Balaban J connectivity index is 1.65. The molecule has 0 spiro atoms. The Morgan fingerprint density at radius 2 is 1.84 bits per heavy atom. The van der Waals surface area contributed by atoms with Gasteiger partial charge in [0.2, 0.25) is 5.91 Å². The smallest absolute Gasteiger partial charge is 0.387 e. The molecule has 7 nitrogen and oxygen atoms in total. The van der Waals surface area contributed by atoms with Crippen molar-refractivity contribution in [3.05, 3.63) is 61.2 Å². The molecule has 1 N–H and O–H groups in total. The van der Waals surface area contributed by atoms with Gasteiger partial charge in [0.25, 0.3) is 0 Å². The highest BCUT2D eigenvalue weighted by Gasteiger charge is 2.15. The molecule has 1 amide bonds. The van der Waals surface area contributed by atoms with E-state index in [-0.39, 0.29) is 17.4 Å². The molecule has 10 heteroatoms. The molecular formula is C22H22F2N4O3S. The fourth-order valence-electron chi connectivity index (χ4n) is 2.82. The van der Waals surface area contributed by atoms with Gasteiger partial charge >= 0.3 is 6.61 Å². The summed E-state index contributed by atoms with van der Waals surface area (Å²) in [5, 5.41) is 11.7. The number of anilines is 1. The van der Waals surface area contributed by atoms with Crippen molar-refractivity contribution in [3.63, 3.8) is 0 Å². The summed E-state index contributed by atoms with van der Waals surface area (Å²) in [6.07, 6.45) is 1.69. The molecule has 0 saturated carbocycles. The summed E-state index contributed by atoms with van der Waals surface area (Å²) in [6, 6.07) is 13.2. The van der Waals surface area contributed by atoms with E-state index in [1.807, 2.05) is 6.92 Å². The lowest BCUT2D eigenvalue weighted by atomic mass is 10.2. The maximum absolute atomic E-state index is 12.4. The van der Waals surface area contributed by atoms with E-state index in [1.165, 1.54) is 23.9 Å². The number of benzene rings is 2. The lowest BCUT2D eigenvalue weighted by molar-refractivity contribution is -0.113. The molecule has 0 bridgehead atoms. The molecule has 0 aliphatic heterocycles. The van der Waals surface area contributed by atoms with Gasteiger partial charge in [-0.2, -0.15) is 8.78 Å². The van der Waals surface area contributed by atoms with Crippen LogP contribution >= 0.6 is 11.8 Å². The second kappa shape index (κ2) is 11.3. The number of hydrogen-bond donors (Lipinski definition) is 1. The van der Waals surface area contributed by atoms with Gasteiger partial charge in [-0.3, -0.25) is 9.36 Å². The average molecular weight is 461 g/mol. The molecule has 168 valence electrons. The third-order valence-corrected chi connectivity index (χ3v) is 5.11. The number of rotatable bonds is 11. The van der Waals surface area contributed by atoms with E-state index >= 15 is 0 Å². The monoisotopic (exact) mass is 460 g/mol. The van der Waals surface area contributed by atoms with Crippen molar-refractivity contribution in [2.75, 3.05) is 17.7 Å². The number of aromatic nitrogens is 3. The van der Waals surface area contributed by atoms with Crippen molar-refractivity contribution >= 4 is 23.4 Å². The maximum Gasteiger partial charge on any atom is 0.387 e. The lowest BCUT2D eigenvalue weighted by Crippen LogP contribution is -2.14. The Labute approximate surface area is 188 Å². The number of nitrogens with zero attached hydrogens (tertiary/aromatic N) is 3. The van der Waals surface area contributed by atoms with E-state index in [4.69, 9.17) is 4.74 Å². The van der Waals surface area contributed by atoms with Crippen LogP contribution in [0.15, 0.2) is 66.3 Å². The zero-order chi connectivity index (χ0) is 22.9. The van der Waals surface area contributed by atoms with Crippen LogP contribution in [0.4, 0.5) is 14.5 Å². The normalized spacial score (nSPS) is 10.8. The first-order chi connectivity index (χ1) is 15.5. The van der Waals surface area contributed by atoms with Gasteiger partial charge in [0, 0.05) is 17.8 Å². The third kappa shape index (κ3) is 6.30. The van der Waals surface area contributed by atoms with Crippen molar-refractivity contribution in [1.29, 1.82) is 0 Å². The largest absolute Gasteiger partial charge is 0.494 e. The van der Waals surface area contributed by atoms with Gasteiger partial charge < -0.3 is 14.8 Å². The van der Waals surface area contributed by atoms with Crippen LogP contribution in [0.5, 0.6) is 11.5 Å². The van der Waals surface area contributed by atoms with Crippen LogP contribution in [0.1, 0.15) is 6.92 Å². The first-order valence-corrected chi connectivity index (χ1v) is 10.7. The Kier molecular flexibility index (Phi) is 8.20. The topological polar surface area (TPSA) is 78.3 Å². The van der Waals surface area contributed by atoms with Gasteiger partial charge in [0.05, 0.1) is 12.4 Å². The Morgan fingerprint density at radius 1 is 1.16 bits per heavy atom. The van der Waals surface area contributed by atoms with Gasteiger partial charge in [-0.1, -0.05) is 17.8 Å². The minimum absolute atomic E-state index is 0.0547. The van der Waals surface area contributed by atoms with Crippen molar-refractivity contribution in [2.24, 2.45) is 0 Å². The van der Waals surface area contributed by atoms with Crippen molar-refractivity contribution < 1.29 is 23.0 Å². The second-order valence-corrected chi connectivity index (χ2v) is 7.35. The van der Waals surface area contributed by atoms with Crippen LogP contribution < -0.4 is 14.8 Å². The van der Waals surface area contributed by atoms with Gasteiger partial charge in [-0.15, -0.1) is 16.8 Å². The SMILES string of the molecule is C=CCn1c(SCC(=O)Nc2ccc(OCC)cc2)nnc1-c1ccc(OC(F)F)cc1. The predicted molar refractivity (Wildman–Crippen MR) is 119 cm³/mol. The fraction of sp³-hybridized carbons (Fsp3) is 0.227. The fourth-order valence-corrected chi connectivity index (χ4v) is 3.56. The molecule has 0 saturated heterocycles. The van der Waals surface area contributed by atoms with E-state index in [0.29, 0.717) is 35.4 Å². The van der Waals surface area contributed by atoms with Crippen LogP contribution in [-0.2, 0) is 11.3 Å². The van der Waals surface area contributed by atoms with Crippen LogP contribution in [0.25, 0.3) is 11.4 Å². The Morgan fingerprint density at radius 3 is 2.47 bits per heavy atom. The van der Waals surface area contributed by atoms with E-state index < -0.39 is 6.61 Å². The molecular weight excluding hydrogens is 438 g/mol. The molecule has 0 atom stereocenters. The summed E-state index contributed by atoms with van der Waals surface area (Å²) < 4.78 is 36.3. The molecule has 0 aliphatic rings. The zero-order valence-electron chi connectivity index (χ0n) is 17.3. The summed E-state index contributed by atoms with van der Waals surface area (Å²) in [7, 11) is 0. The van der Waals surface area contributed by atoms with E-state index in [0.717, 1.165) is 5.75 Å². The summed E-state index contributed by atoms with van der Waals surface area (Å²) in [5.41, 5.74) is 1.34. The number of carbonyl (C=O) groups is 1. The Hall–Kier alpha value is -3.40. The highest BCUT2D eigenvalue weighted by Crippen LogP contribution is 2.26. The van der Waals surface area contributed by atoms with Gasteiger partial charge in [0.1, 0.15) is 11.5 Å².